The second-order valence-corrected chi connectivity index (χ2v) is 6.04. The van der Waals surface area contributed by atoms with E-state index in [1.54, 1.807) is 30.3 Å². The molecule has 3 amide bonds. The van der Waals surface area contributed by atoms with E-state index >= 15 is 0 Å². The number of benzene rings is 2. The van der Waals surface area contributed by atoms with Gasteiger partial charge in [0.25, 0.3) is 5.91 Å². The summed E-state index contributed by atoms with van der Waals surface area (Å²) in [4.78, 5) is 23.7. The number of amides is 3. The van der Waals surface area contributed by atoms with Crippen molar-refractivity contribution in [1.29, 1.82) is 0 Å². The standard InChI is InChI=1S/C17H14Cl2N2O5/c18-12-3-2-11(8-13(12)19)26-9-16(22)21-17(23)20-10-1-4-14-15(7-10)25-6-5-24-14/h1-4,7-8H,5-6,9H2,(H2,20,21,22,23). The lowest BCUT2D eigenvalue weighted by Crippen LogP contribution is -2.37. The van der Waals surface area contributed by atoms with Gasteiger partial charge in [-0.15, -0.1) is 0 Å². The molecular formula is C17H14Cl2N2O5. The minimum absolute atomic E-state index is 0.306. The number of anilines is 1. The predicted octanol–water partition coefficient (Wildman–Crippen LogP) is 3.49. The van der Waals surface area contributed by atoms with Crippen LogP contribution in [-0.4, -0.2) is 31.8 Å². The highest BCUT2D eigenvalue weighted by Gasteiger charge is 2.14. The first-order chi connectivity index (χ1) is 12.5. The number of hydrogen-bond acceptors (Lipinski definition) is 5. The Morgan fingerprint density at radius 3 is 2.54 bits per heavy atom. The zero-order valence-electron chi connectivity index (χ0n) is 13.4. The molecule has 0 aromatic heterocycles. The number of imide groups is 1. The van der Waals surface area contributed by atoms with Crippen LogP contribution in [0.4, 0.5) is 10.5 Å². The van der Waals surface area contributed by atoms with Crippen molar-refractivity contribution in [3.8, 4) is 17.2 Å². The molecule has 3 rings (SSSR count). The largest absolute Gasteiger partial charge is 0.486 e. The lowest BCUT2D eigenvalue weighted by atomic mass is 10.2. The fraction of sp³-hybridized carbons (Fsp3) is 0.176. The Hall–Kier alpha value is -2.64. The van der Waals surface area contributed by atoms with E-state index in [-0.39, 0.29) is 6.61 Å². The minimum atomic E-state index is -0.690. The molecule has 2 N–H and O–H groups in total. The van der Waals surface area contributed by atoms with Crippen LogP contribution in [0.5, 0.6) is 17.2 Å². The van der Waals surface area contributed by atoms with Crippen molar-refractivity contribution in [3.05, 3.63) is 46.4 Å². The van der Waals surface area contributed by atoms with E-state index in [0.717, 1.165) is 0 Å². The molecule has 0 radical (unpaired) electrons. The molecule has 136 valence electrons. The quantitative estimate of drug-likeness (QED) is 0.825. The lowest BCUT2D eigenvalue weighted by Gasteiger charge is -2.19. The highest BCUT2D eigenvalue weighted by molar-refractivity contribution is 6.42. The monoisotopic (exact) mass is 396 g/mol. The van der Waals surface area contributed by atoms with E-state index in [9.17, 15) is 9.59 Å². The van der Waals surface area contributed by atoms with Crippen LogP contribution in [0, 0.1) is 0 Å². The average molecular weight is 397 g/mol. The molecule has 0 aliphatic carbocycles. The van der Waals surface area contributed by atoms with Crippen LogP contribution >= 0.6 is 23.2 Å². The van der Waals surface area contributed by atoms with Gasteiger partial charge in [-0.1, -0.05) is 23.2 Å². The minimum Gasteiger partial charge on any atom is -0.486 e. The molecule has 0 saturated heterocycles. The van der Waals surface area contributed by atoms with E-state index in [1.165, 1.54) is 6.07 Å². The predicted molar refractivity (Wildman–Crippen MR) is 96.6 cm³/mol. The molecule has 2 aromatic rings. The van der Waals surface area contributed by atoms with Gasteiger partial charge in [-0.05, 0) is 24.3 Å². The molecule has 7 nitrogen and oxygen atoms in total. The number of rotatable bonds is 4. The zero-order chi connectivity index (χ0) is 18.5. The summed E-state index contributed by atoms with van der Waals surface area (Å²) in [7, 11) is 0. The molecule has 0 saturated carbocycles. The van der Waals surface area contributed by atoms with Gasteiger partial charge < -0.3 is 19.5 Å². The number of nitrogens with one attached hydrogen (secondary N) is 2. The van der Waals surface area contributed by atoms with Gasteiger partial charge in [0.15, 0.2) is 18.1 Å². The fourth-order valence-electron chi connectivity index (χ4n) is 2.16. The molecule has 9 heteroatoms. The fourth-order valence-corrected chi connectivity index (χ4v) is 2.45. The molecule has 1 aliphatic heterocycles. The Balaban J connectivity index is 1.49. The molecule has 0 spiro atoms. The first kappa shape index (κ1) is 18.2. The summed E-state index contributed by atoms with van der Waals surface area (Å²) in [6.07, 6.45) is 0. The Labute approximate surface area is 159 Å². The number of carbonyl (C=O) groups excluding carboxylic acids is 2. The van der Waals surface area contributed by atoms with Crippen molar-refractivity contribution in [2.75, 3.05) is 25.1 Å². The van der Waals surface area contributed by atoms with Crippen LogP contribution < -0.4 is 24.8 Å². The van der Waals surface area contributed by atoms with Crippen molar-refractivity contribution in [2.24, 2.45) is 0 Å². The third-order valence-corrected chi connectivity index (χ3v) is 4.05. The molecule has 1 aliphatic rings. The van der Waals surface area contributed by atoms with Gasteiger partial charge in [0.2, 0.25) is 0 Å². The van der Waals surface area contributed by atoms with Gasteiger partial charge in [0, 0.05) is 17.8 Å². The van der Waals surface area contributed by atoms with E-state index in [2.05, 4.69) is 10.6 Å². The summed E-state index contributed by atoms with van der Waals surface area (Å²) in [5.41, 5.74) is 0.463. The summed E-state index contributed by atoms with van der Waals surface area (Å²) >= 11 is 11.7. The first-order valence-electron chi connectivity index (χ1n) is 7.59. The topological polar surface area (TPSA) is 85.9 Å². The Morgan fingerprint density at radius 2 is 1.77 bits per heavy atom. The van der Waals surface area contributed by atoms with Crippen LogP contribution in [0.25, 0.3) is 0 Å². The number of urea groups is 1. The molecule has 0 atom stereocenters. The number of carbonyl (C=O) groups is 2. The highest BCUT2D eigenvalue weighted by atomic mass is 35.5. The summed E-state index contributed by atoms with van der Waals surface area (Å²) in [6, 6.07) is 8.84. The Kier molecular flexibility index (Phi) is 5.70. The summed E-state index contributed by atoms with van der Waals surface area (Å²) in [6.45, 7) is 0.563. The summed E-state index contributed by atoms with van der Waals surface area (Å²) in [5.74, 6) is 0.879. The molecule has 0 bridgehead atoms. The third kappa shape index (κ3) is 4.71. The molecule has 0 unspecified atom stereocenters. The van der Waals surface area contributed by atoms with Gasteiger partial charge in [0.1, 0.15) is 19.0 Å². The van der Waals surface area contributed by atoms with E-state index in [1.807, 2.05) is 0 Å². The average Bonchev–Trinajstić information content (AvgIpc) is 2.62. The first-order valence-corrected chi connectivity index (χ1v) is 8.35. The molecule has 2 aromatic carbocycles. The van der Waals surface area contributed by atoms with Crippen LogP contribution in [0.2, 0.25) is 10.0 Å². The van der Waals surface area contributed by atoms with Gasteiger partial charge >= 0.3 is 6.03 Å². The number of fused-ring (bicyclic) bond motifs is 1. The van der Waals surface area contributed by atoms with Gasteiger partial charge in [0.05, 0.1) is 10.0 Å². The maximum Gasteiger partial charge on any atom is 0.325 e. The Morgan fingerprint density at radius 1 is 1.00 bits per heavy atom. The maximum atomic E-state index is 11.9. The molecule has 1 heterocycles. The van der Waals surface area contributed by atoms with Crippen molar-refractivity contribution in [3.63, 3.8) is 0 Å². The summed E-state index contributed by atoms with van der Waals surface area (Å²) in [5, 5.41) is 5.38. The van der Waals surface area contributed by atoms with Gasteiger partial charge in [-0.2, -0.15) is 0 Å². The number of ether oxygens (including phenoxy) is 3. The third-order valence-electron chi connectivity index (χ3n) is 3.31. The van der Waals surface area contributed by atoms with E-state index < -0.39 is 11.9 Å². The second-order valence-electron chi connectivity index (χ2n) is 5.23. The maximum absolute atomic E-state index is 11.9. The number of halogens is 2. The van der Waals surface area contributed by atoms with Crippen LogP contribution in [-0.2, 0) is 4.79 Å². The van der Waals surface area contributed by atoms with Gasteiger partial charge in [-0.25, -0.2) is 4.79 Å². The Bertz CT molecular complexity index is 844. The molecule has 0 fully saturated rings. The zero-order valence-corrected chi connectivity index (χ0v) is 14.9. The van der Waals surface area contributed by atoms with Crippen molar-refractivity contribution >= 4 is 40.8 Å². The van der Waals surface area contributed by atoms with Crippen molar-refractivity contribution < 1.29 is 23.8 Å². The molecule has 26 heavy (non-hydrogen) atoms. The number of hydrogen-bond donors (Lipinski definition) is 2. The van der Waals surface area contributed by atoms with Crippen molar-refractivity contribution in [1.82, 2.24) is 5.32 Å². The summed E-state index contributed by atoms with van der Waals surface area (Å²) < 4.78 is 16.1. The van der Waals surface area contributed by atoms with Crippen molar-refractivity contribution in [2.45, 2.75) is 0 Å². The smallest absolute Gasteiger partial charge is 0.325 e. The normalized spacial score (nSPS) is 12.2. The van der Waals surface area contributed by atoms with Crippen LogP contribution in [0.1, 0.15) is 0 Å². The van der Waals surface area contributed by atoms with Crippen LogP contribution in [0.3, 0.4) is 0 Å². The van der Waals surface area contributed by atoms with E-state index in [4.69, 9.17) is 37.4 Å². The molecular weight excluding hydrogens is 383 g/mol. The van der Waals surface area contributed by atoms with Crippen LogP contribution in [0.15, 0.2) is 36.4 Å². The SMILES string of the molecule is O=C(COc1ccc(Cl)c(Cl)c1)NC(=O)Nc1ccc2c(c1)OCCO2. The highest BCUT2D eigenvalue weighted by Crippen LogP contribution is 2.32. The second kappa shape index (κ2) is 8.16. The van der Waals surface area contributed by atoms with E-state index in [0.29, 0.717) is 46.2 Å². The lowest BCUT2D eigenvalue weighted by molar-refractivity contribution is -0.121. The van der Waals surface area contributed by atoms with Gasteiger partial charge in [-0.3, -0.25) is 10.1 Å².